The highest BCUT2D eigenvalue weighted by Crippen LogP contribution is 2.23. The van der Waals surface area contributed by atoms with Gasteiger partial charge in [-0.3, -0.25) is 9.59 Å². The Morgan fingerprint density at radius 1 is 1.20 bits per heavy atom. The fourth-order valence-electron chi connectivity index (χ4n) is 2.99. The number of amides is 2. The summed E-state index contributed by atoms with van der Waals surface area (Å²) in [5.41, 5.74) is 0.518. The third kappa shape index (κ3) is 6.05. The van der Waals surface area contributed by atoms with Crippen LogP contribution in [0.15, 0.2) is 24.3 Å². The molecular formula is C19H28N2O4. The molecule has 1 saturated carbocycles. The summed E-state index contributed by atoms with van der Waals surface area (Å²) in [6.45, 7) is 2.44. The van der Waals surface area contributed by atoms with Gasteiger partial charge in [0.05, 0.1) is 6.61 Å². The highest BCUT2D eigenvalue weighted by Gasteiger charge is 2.19. The smallest absolute Gasteiger partial charge is 0.258 e. The Hall–Kier alpha value is -2.08. The van der Waals surface area contributed by atoms with Crippen molar-refractivity contribution >= 4 is 11.8 Å². The quantitative estimate of drug-likeness (QED) is 0.788. The fraction of sp³-hybridized carbons (Fsp3) is 0.579. The molecule has 1 fully saturated rings. The van der Waals surface area contributed by atoms with Gasteiger partial charge in [-0.25, -0.2) is 0 Å². The van der Waals surface area contributed by atoms with E-state index in [1.165, 1.54) is 4.90 Å². The zero-order chi connectivity index (χ0) is 18.2. The molecule has 0 heterocycles. The van der Waals surface area contributed by atoms with Gasteiger partial charge in [0, 0.05) is 25.2 Å². The molecule has 0 radical (unpaired) electrons. The number of likely N-dealkylation sites (N-methyl/N-ethyl adjacent to an activating group) is 1. The predicted molar refractivity (Wildman–Crippen MR) is 95.5 cm³/mol. The third-order valence-electron chi connectivity index (χ3n) is 4.63. The largest absolute Gasteiger partial charge is 0.484 e. The summed E-state index contributed by atoms with van der Waals surface area (Å²) >= 11 is 0. The van der Waals surface area contributed by atoms with E-state index in [2.05, 4.69) is 12.2 Å². The van der Waals surface area contributed by atoms with Crippen molar-refractivity contribution in [3.63, 3.8) is 0 Å². The van der Waals surface area contributed by atoms with Crippen molar-refractivity contribution < 1.29 is 19.4 Å². The van der Waals surface area contributed by atoms with Crippen LogP contribution in [0.2, 0.25) is 0 Å². The molecule has 1 aromatic rings. The normalized spacial score (nSPS) is 20.0. The molecule has 2 N–H and O–H groups in total. The van der Waals surface area contributed by atoms with E-state index in [9.17, 15) is 9.59 Å². The molecule has 0 aromatic heterocycles. The van der Waals surface area contributed by atoms with Gasteiger partial charge in [-0.2, -0.15) is 0 Å². The second-order valence-corrected chi connectivity index (χ2v) is 6.79. The highest BCUT2D eigenvalue weighted by molar-refractivity contribution is 5.94. The van der Waals surface area contributed by atoms with Crippen LogP contribution in [0, 0.1) is 5.92 Å². The number of nitrogens with zero attached hydrogens (tertiary/aromatic N) is 1. The van der Waals surface area contributed by atoms with E-state index >= 15 is 0 Å². The molecule has 6 heteroatoms. The van der Waals surface area contributed by atoms with Gasteiger partial charge in [0.2, 0.25) is 0 Å². The first-order valence-corrected chi connectivity index (χ1v) is 8.88. The third-order valence-corrected chi connectivity index (χ3v) is 4.63. The molecule has 1 aromatic carbocycles. The first-order valence-electron chi connectivity index (χ1n) is 8.88. The standard InChI is InChI=1S/C19H28N2O4/c1-14-3-7-16(8-4-14)20-18(23)13-25-17-9-5-15(6-10-17)19(24)21(2)11-12-22/h5-6,9-10,14,16,22H,3-4,7-8,11-13H2,1-2H3,(H,20,23). The van der Waals surface area contributed by atoms with Crippen molar-refractivity contribution in [1.29, 1.82) is 0 Å². The van der Waals surface area contributed by atoms with Gasteiger partial charge in [0.15, 0.2) is 6.61 Å². The second kappa shape index (κ2) is 9.42. The lowest BCUT2D eigenvalue weighted by Crippen LogP contribution is -2.39. The van der Waals surface area contributed by atoms with Crippen LogP contribution in [-0.2, 0) is 4.79 Å². The van der Waals surface area contributed by atoms with Crippen molar-refractivity contribution in [1.82, 2.24) is 10.2 Å². The van der Waals surface area contributed by atoms with Crippen molar-refractivity contribution in [2.24, 2.45) is 5.92 Å². The average molecular weight is 348 g/mol. The maximum atomic E-state index is 12.1. The number of nitrogens with one attached hydrogen (secondary N) is 1. The number of aliphatic hydroxyl groups excluding tert-OH is 1. The summed E-state index contributed by atoms with van der Waals surface area (Å²) in [5.74, 6) is 1.03. The number of hydrogen-bond acceptors (Lipinski definition) is 4. The van der Waals surface area contributed by atoms with E-state index in [-0.39, 0.29) is 37.6 Å². The Labute approximate surface area is 149 Å². The minimum absolute atomic E-state index is 0.0240. The minimum Gasteiger partial charge on any atom is -0.484 e. The van der Waals surface area contributed by atoms with Gasteiger partial charge >= 0.3 is 0 Å². The fourth-order valence-corrected chi connectivity index (χ4v) is 2.99. The Bertz CT molecular complexity index is 565. The first-order chi connectivity index (χ1) is 12.0. The lowest BCUT2D eigenvalue weighted by Gasteiger charge is -2.26. The molecule has 0 bridgehead atoms. The maximum Gasteiger partial charge on any atom is 0.258 e. The lowest BCUT2D eigenvalue weighted by molar-refractivity contribution is -0.124. The van der Waals surface area contributed by atoms with Crippen LogP contribution in [0.3, 0.4) is 0 Å². The number of hydrogen-bond donors (Lipinski definition) is 2. The van der Waals surface area contributed by atoms with E-state index in [1.807, 2.05) is 0 Å². The van der Waals surface area contributed by atoms with Gasteiger partial charge in [-0.05, 0) is 55.9 Å². The number of benzene rings is 1. The first kappa shape index (κ1) is 19.2. The average Bonchev–Trinajstić information content (AvgIpc) is 2.62. The zero-order valence-electron chi connectivity index (χ0n) is 15.0. The Morgan fingerprint density at radius 3 is 2.44 bits per heavy atom. The molecular weight excluding hydrogens is 320 g/mol. The summed E-state index contributed by atoms with van der Waals surface area (Å²) in [6.07, 6.45) is 4.38. The summed E-state index contributed by atoms with van der Waals surface area (Å²) < 4.78 is 5.50. The molecule has 2 amide bonds. The summed E-state index contributed by atoms with van der Waals surface area (Å²) in [6, 6.07) is 6.93. The van der Waals surface area contributed by atoms with Gasteiger partial charge in [-0.1, -0.05) is 6.92 Å². The van der Waals surface area contributed by atoms with Crippen molar-refractivity contribution in [2.45, 2.75) is 38.6 Å². The number of rotatable bonds is 7. The number of carbonyl (C=O) groups is 2. The van der Waals surface area contributed by atoms with Crippen LogP contribution >= 0.6 is 0 Å². The van der Waals surface area contributed by atoms with Gasteiger partial charge < -0.3 is 20.1 Å². The molecule has 2 rings (SSSR count). The summed E-state index contributed by atoms with van der Waals surface area (Å²) in [7, 11) is 1.64. The Morgan fingerprint density at radius 2 is 1.84 bits per heavy atom. The van der Waals surface area contributed by atoms with Crippen LogP contribution < -0.4 is 10.1 Å². The number of ether oxygens (including phenoxy) is 1. The van der Waals surface area contributed by atoms with E-state index in [0.29, 0.717) is 11.3 Å². The molecule has 6 nitrogen and oxygen atoms in total. The molecule has 138 valence electrons. The molecule has 0 saturated heterocycles. The van der Waals surface area contributed by atoms with E-state index < -0.39 is 0 Å². The molecule has 1 aliphatic rings. The van der Waals surface area contributed by atoms with Crippen molar-refractivity contribution in [3.8, 4) is 5.75 Å². The molecule has 25 heavy (non-hydrogen) atoms. The predicted octanol–water partition coefficient (Wildman–Crippen LogP) is 1.82. The Kier molecular flexibility index (Phi) is 7.25. The van der Waals surface area contributed by atoms with Gasteiger partial charge in [0.1, 0.15) is 5.75 Å². The number of aliphatic hydroxyl groups is 1. The van der Waals surface area contributed by atoms with E-state index in [0.717, 1.165) is 31.6 Å². The SMILES string of the molecule is CC1CCC(NC(=O)COc2ccc(C(=O)N(C)CCO)cc2)CC1. The topological polar surface area (TPSA) is 78.9 Å². The van der Waals surface area contributed by atoms with Crippen LogP contribution in [0.25, 0.3) is 0 Å². The van der Waals surface area contributed by atoms with Crippen LogP contribution in [0.1, 0.15) is 43.0 Å². The van der Waals surface area contributed by atoms with Gasteiger partial charge in [0.25, 0.3) is 11.8 Å². The van der Waals surface area contributed by atoms with Crippen molar-refractivity contribution in [3.05, 3.63) is 29.8 Å². The lowest BCUT2D eigenvalue weighted by atomic mass is 9.87. The number of carbonyl (C=O) groups excluding carboxylic acids is 2. The van der Waals surface area contributed by atoms with Gasteiger partial charge in [-0.15, -0.1) is 0 Å². The Balaban J connectivity index is 1.77. The van der Waals surface area contributed by atoms with Crippen LogP contribution in [0.4, 0.5) is 0 Å². The zero-order valence-corrected chi connectivity index (χ0v) is 15.0. The minimum atomic E-state index is -0.162. The van der Waals surface area contributed by atoms with E-state index in [1.54, 1.807) is 31.3 Å². The maximum absolute atomic E-state index is 12.1. The second-order valence-electron chi connectivity index (χ2n) is 6.79. The summed E-state index contributed by atoms with van der Waals surface area (Å²) in [5, 5.41) is 11.9. The monoisotopic (exact) mass is 348 g/mol. The van der Waals surface area contributed by atoms with Crippen LogP contribution in [0.5, 0.6) is 5.75 Å². The van der Waals surface area contributed by atoms with Crippen molar-refractivity contribution in [2.75, 3.05) is 26.8 Å². The molecule has 0 unspecified atom stereocenters. The molecule has 0 aliphatic heterocycles. The molecule has 1 aliphatic carbocycles. The van der Waals surface area contributed by atoms with E-state index in [4.69, 9.17) is 9.84 Å². The summed E-state index contributed by atoms with van der Waals surface area (Å²) in [4.78, 5) is 25.5. The van der Waals surface area contributed by atoms with Crippen LogP contribution in [-0.4, -0.2) is 54.7 Å². The molecule has 0 atom stereocenters. The highest BCUT2D eigenvalue weighted by atomic mass is 16.5. The molecule has 0 spiro atoms.